The van der Waals surface area contributed by atoms with Crippen molar-refractivity contribution in [3.63, 3.8) is 0 Å². The van der Waals surface area contributed by atoms with Crippen LogP contribution in [-0.2, 0) is 11.0 Å². The summed E-state index contributed by atoms with van der Waals surface area (Å²) in [7, 11) is 0. The van der Waals surface area contributed by atoms with E-state index in [-0.39, 0.29) is 17.1 Å². The lowest BCUT2D eigenvalue weighted by Gasteiger charge is -2.19. The standard InChI is InChI=1S/C21H11F3N6O3/c22-21(23,24)19-14(20(32)27-11-4-5-15-16(8-11)29-33-28-15)9-26-30(19)18-3-1-2-12-13(18)6-7-25-17(12)10-31/h1-9,25H,(H,27,32). The Morgan fingerprint density at radius 1 is 1.15 bits per heavy atom. The number of anilines is 1. The van der Waals surface area contributed by atoms with Crippen LogP contribution >= 0.6 is 0 Å². The summed E-state index contributed by atoms with van der Waals surface area (Å²) in [5, 5.41) is 16.2. The maximum absolute atomic E-state index is 14.1. The summed E-state index contributed by atoms with van der Waals surface area (Å²) < 4.78 is 47.5. The maximum atomic E-state index is 14.1. The Morgan fingerprint density at radius 3 is 2.76 bits per heavy atom. The van der Waals surface area contributed by atoms with E-state index in [9.17, 15) is 22.8 Å². The van der Waals surface area contributed by atoms with Crippen molar-refractivity contribution in [2.24, 2.45) is 0 Å². The molecule has 0 spiro atoms. The molecule has 1 amide bonds. The van der Waals surface area contributed by atoms with E-state index < -0.39 is 23.3 Å². The minimum absolute atomic E-state index is 0.0412. The van der Waals surface area contributed by atoms with Gasteiger partial charge in [-0.1, -0.05) is 12.1 Å². The van der Waals surface area contributed by atoms with Crippen molar-refractivity contribution in [2.45, 2.75) is 6.18 Å². The van der Waals surface area contributed by atoms with Gasteiger partial charge in [-0.15, -0.1) is 0 Å². The van der Waals surface area contributed by atoms with Crippen LogP contribution in [0.4, 0.5) is 18.9 Å². The summed E-state index contributed by atoms with van der Waals surface area (Å²) in [6, 6.07) is 8.83. The van der Waals surface area contributed by atoms with Crippen molar-refractivity contribution in [3.8, 4) is 5.69 Å². The van der Waals surface area contributed by atoms with Crippen LogP contribution in [0.1, 0.15) is 27.2 Å². The van der Waals surface area contributed by atoms with Crippen LogP contribution in [0.25, 0.3) is 28.5 Å². The lowest BCUT2D eigenvalue weighted by Crippen LogP contribution is -2.21. The number of hydrogen-bond donors (Lipinski definition) is 2. The summed E-state index contributed by atoms with van der Waals surface area (Å²) >= 11 is 0. The molecular formula is C21H11F3N6O3. The summed E-state index contributed by atoms with van der Waals surface area (Å²) in [6.07, 6.45) is -1.15. The second-order valence-electron chi connectivity index (χ2n) is 6.93. The van der Waals surface area contributed by atoms with Gasteiger partial charge in [0.1, 0.15) is 16.7 Å². The van der Waals surface area contributed by atoms with Crippen LogP contribution in [-0.4, -0.2) is 31.9 Å². The van der Waals surface area contributed by atoms with E-state index >= 15 is 0 Å². The number of nitrogens with zero attached hydrogens (tertiary/aromatic N) is 4. The molecule has 0 saturated carbocycles. The molecule has 0 aliphatic carbocycles. The quantitative estimate of drug-likeness (QED) is 0.458. The molecule has 1 aliphatic heterocycles. The molecule has 4 aromatic rings. The molecule has 164 valence electrons. The van der Waals surface area contributed by atoms with E-state index in [0.717, 1.165) is 6.20 Å². The lowest BCUT2D eigenvalue weighted by atomic mass is 10.0. The zero-order valence-electron chi connectivity index (χ0n) is 16.3. The van der Waals surface area contributed by atoms with Gasteiger partial charge in [0.15, 0.2) is 11.6 Å². The molecule has 2 N–H and O–H groups in total. The van der Waals surface area contributed by atoms with Gasteiger partial charge in [-0.2, -0.15) is 18.3 Å². The van der Waals surface area contributed by atoms with Gasteiger partial charge in [0.25, 0.3) is 5.91 Å². The second kappa shape index (κ2) is 7.46. The Bertz CT molecular complexity index is 1490. The van der Waals surface area contributed by atoms with E-state index in [1.165, 1.54) is 42.6 Å². The molecule has 0 fully saturated rings. The van der Waals surface area contributed by atoms with Crippen molar-refractivity contribution in [2.75, 3.05) is 5.32 Å². The number of fused-ring (bicyclic) bond motifs is 2. The molecule has 0 radical (unpaired) electrons. The number of rotatable bonds is 3. The second-order valence-corrected chi connectivity index (χ2v) is 6.93. The minimum atomic E-state index is -4.91. The van der Waals surface area contributed by atoms with Gasteiger partial charge in [0.05, 0.1) is 17.4 Å². The van der Waals surface area contributed by atoms with Crippen LogP contribution in [0, 0.1) is 0 Å². The van der Waals surface area contributed by atoms with Crippen LogP contribution < -0.4 is 10.6 Å². The third-order valence-corrected chi connectivity index (χ3v) is 4.95. The minimum Gasteiger partial charge on any atom is -0.352 e. The molecule has 3 heterocycles. The fourth-order valence-corrected chi connectivity index (χ4v) is 3.53. The Morgan fingerprint density at radius 2 is 1.97 bits per heavy atom. The lowest BCUT2D eigenvalue weighted by molar-refractivity contribution is -0.143. The van der Waals surface area contributed by atoms with Crippen molar-refractivity contribution in [1.29, 1.82) is 0 Å². The molecule has 0 saturated heterocycles. The molecule has 9 nitrogen and oxygen atoms in total. The zero-order chi connectivity index (χ0) is 23.2. The predicted octanol–water partition coefficient (Wildman–Crippen LogP) is 3.43. The number of nitrogens with one attached hydrogen (secondary N) is 2. The van der Waals surface area contributed by atoms with Gasteiger partial charge in [-0.25, -0.2) is 14.1 Å². The average Bonchev–Trinajstić information content (AvgIpc) is 3.45. The Labute approximate surface area is 182 Å². The molecule has 33 heavy (non-hydrogen) atoms. The van der Waals surface area contributed by atoms with Gasteiger partial charge >= 0.3 is 6.18 Å². The molecule has 1 aliphatic rings. The van der Waals surface area contributed by atoms with Crippen LogP contribution in [0.15, 0.2) is 53.4 Å². The first-order valence-electron chi connectivity index (χ1n) is 9.37. The number of hydrogen-bond acceptors (Lipinski definition) is 7. The highest BCUT2D eigenvalue weighted by Gasteiger charge is 2.41. The Balaban J connectivity index is 1.59. The maximum Gasteiger partial charge on any atom is 0.434 e. The Kier molecular flexibility index (Phi) is 4.57. The van der Waals surface area contributed by atoms with E-state index in [0.29, 0.717) is 26.8 Å². The number of alkyl halides is 3. The first kappa shape index (κ1) is 20.2. The smallest absolute Gasteiger partial charge is 0.352 e. The van der Waals surface area contributed by atoms with Gasteiger partial charge < -0.3 is 10.6 Å². The highest BCUT2D eigenvalue weighted by atomic mass is 19.4. The summed E-state index contributed by atoms with van der Waals surface area (Å²) in [5.74, 6) is 0.703. The van der Waals surface area contributed by atoms with E-state index in [4.69, 9.17) is 0 Å². The Hall–Kier alpha value is -4.70. The first-order valence-corrected chi connectivity index (χ1v) is 9.37. The van der Waals surface area contributed by atoms with Crippen molar-refractivity contribution in [1.82, 2.24) is 25.4 Å². The average molecular weight is 452 g/mol. The summed E-state index contributed by atoms with van der Waals surface area (Å²) in [6.45, 7) is 0. The fourth-order valence-electron chi connectivity index (χ4n) is 3.53. The summed E-state index contributed by atoms with van der Waals surface area (Å²) in [5.41, 5.74) is -0.190. The number of carbonyl (C=O) groups is 1. The normalized spacial score (nSPS) is 12.9. The third kappa shape index (κ3) is 3.44. The number of amides is 1. The SMILES string of the molecule is O=C=C1NC=Cc2c1cccc2-n1ncc(C(=O)Nc2ccc3nonc3c2)c1C(F)(F)F. The number of carbonyl (C=O) groups excluding carboxylic acids is 2. The van der Waals surface area contributed by atoms with Crippen LogP contribution in [0.5, 0.6) is 0 Å². The van der Waals surface area contributed by atoms with Crippen molar-refractivity contribution < 1.29 is 27.4 Å². The number of benzene rings is 2. The third-order valence-electron chi connectivity index (χ3n) is 4.95. The highest BCUT2D eigenvalue weighted by molar-refractivity contribution is 6.06. The first-order chi connectivity index (χ1) is 15.9. The monoisotopic (exact) mass is 452 g/mol. The van der Waals surface area contributed by atoms with Crippen LogP contribution in [0.2, 0.25) is 0 Å². The molecule has 0 bridgehead atoms. The largest absolute Gasteiger partial charge is 0.434 e. The molecule has 0 atom stereocenters. The topological polar surface area (TPSA) is 115 Å². The van der Waals surface area contributed by atoms with Crippen molar-refractivity contribution in [3.05, 3.63) is 71.2 Å². The summed E-state index contributed by atoms with van der Waals surface area (Å²) in [4.78, 5) is 24.0. The van der Waals surface area contributed by atoms with E-state index in [1.54, 1.807) is 12.0 Å². The highest BCUT2D eigenvalue weighted by Crippen LogP contribution is 2.36. The molecule has 5 rings (SSSR count). The zero-order valence-corrected chi connectivity index (χ0v) is 16.3. The van der Waals surface area contributed by atoms with E-state index in [1.807, 2.05) is 0 Å². The molecular weight excluding hydrogens is 441 g/mol. The number of aromatic nitrogens is 4. The van der Waals surface area contributed by atoms with E-state index in [2.05, 4.69) is 30.7 Å². The van der Waals surface area contributed by atoms with Gasteiger partial charge in [0.2, 0.25) is 0 Å². The van der Waals surface area contributed by atoms with Gasteiger partial charge in [-0.3, -0.25) is 4.79 Å². The molecule has 2 aromatic carbocycles. The predicted molar refractivity (Wildman–Crippen MR) is 110 cm³/mol. The van der Waals surface area contributed by atoms with Gasteiger partial charge in [-0.05, 0) is 40.7 Å². The molecule has 12 heteroatoms. The number of halogens is 3. The van der Waals surface area contributed by atoms with Crippen molar-refractivity contribution >= 4 is 40.3 Å². The van der Waals surface area contributed by atoms with Crippen LogP contribution in [0.3, 0.4) is 0 Å². The molecule has 2 aromatic heterocycles. The fraction of sp³-hybridized carbons (Fsp3) is 0.0476. The molecule has 0 unspecified atom stereocenters. The van der Waals surface area contributed by atoms with Gasteiger partial charge in [0, 0.05) is 23.0 Å².